The lowest BCUT2D eigenvalue weighted by Crippen LogP contribution is -2.32. The van der Waals surface area contributed by atoms with Crippen LogP contribution in [0.1, 0.15) is 6.92 Å². The minimum absolute atomic E-state index is 0.00599. The van der Waals surface area contributed by atoms with Gasteiger partial charge >= 0.3 is 24.2 Å². The minimum Gasteiger partial charge on any atom is -0.352 e. The highest BCUT2D eigenvalue weighted by Gasteiger charge is 2.26. The number of hydrogen-bond acceptors (Lipinski definition) is 28. The van der Waals surface area contributed by atoms with Crippen molar-refractivity contribution in [3.63, 3.8) is 0 Å². The van der Waals surface area contributed by atoms with Gasteiger partial charge in [-0.15, -0.1) is 20.5 Å². The zero-order valence-electron chi connectivity index (χ0n) is 43.7. The largest absolute Gasteiger partial charge is 0.352 e. The smallest absolute Gasteiger partial charge is 0.319 e. The van der Waals surface area contributed by atoms with E-state index in [9.17, 15) is 91.6 Å². The van der Waals surface area contributed by atoms with E-state index in [1.54, 1.807) is 0 Å². The molecule has 0 radical (unpaired) electrons. The molecule has 4 amide bonds. The van der Waals surface area contributed by atoms with E-state index >= 15 is 0 Å². The molecular weight excluding hydrogens is 1300 g/mol. The van der Waals surface area contributed by atoms with E-state index < -0.39 is 162 Å². The number of fused-ring (bicyclic) bond motifs is 1. The molecule has 2 heterocycles. The van der Waals surface area contributed by atoms with Crippen molar-refractivity contribution in [2.75, 3.05) is 50.7 Å². The number of primary amides is 1. The Morgan fingerprint density at radius 1 is 0.568 bits per heavy atom. The van der Waals surface area contributed by atoms with Crippen LogP contribution in [0, 0.1) is 12.2 Å². The molecule has 45 heteroatoms. The summed E-state index contributed by atoms with van der Waals surface area (Å²) in [6.07, 6.45) is -2.66. The zero-order chi connectivity index (χ0) is 64.9. The van der Waals surface area contributed by atoms with Crippen LogP contribution < -0.4 is 43.0 Å². The second-order valence-corrected chi connectivity index (χ2v) is 26.5. The molecule has 0 bridgehead atoms. The predicted octanol–water partition coefficient (Wildman–Crippen LogP) is 5.12. The molecule has 2 aromatic heterocycles. The van der Waals surface area contributed by atoms with E-state index in [2.05, 4.69) is 94.2 Å². The first kappa shape index (κ1) is 66.0. The first-order chi connectivity index (χ1) is 40.8. The van der Waals surface area contributed by atoms with E-state index in [0.717, 1.165) is 30.3 Å². The molecule has 7 aromatic rings. The number of carbonyl (C=O) groups is 2. The summed E-state index contributed by atoms with van der Waals surface area (Å²) >= 11 is 0. The van der Waals surface area contributed by atoms with Crippen LogP contribution in [0.15, 0.2) is 136 Å². The van der Waals surface area contributed by atoms with Gasteiger partial charge in [0.05, 0.1) is 26.9 Å². The Hall–Kier alpha value is -9.58. The van der Waals surface area contributed by atoms with E-state index in [4.69, 9.17) is 5.73 Å². The van der Waals surface area contributed by atoms with E-state index in [1.807, 2.05) is 0 Å². The van der Waals surface area contributed by atoms with E-state index in [1.165, 1.54) is 25.1 Å². The molecule has 0 spiro atoms. The Kier molecular flexibility index (Phi) is 19.3. The zero-order valence-corrected chi connectivity index (χ0v) is 48.6. The number of aromatic nitrogens is 6. The number of halogens is 2. The van der Waals surface area contributed by atoms with Crippen LogP contribution in [0.2, 0.25) is 0 Å². The van der Waals surface area contributed by atoms with Gasteiger partial charge in [0, 0.05) is 41.3 Å². The fraction of sp³-hybridized carbons (Fsp3) is 0.116. The third-order valence-corrected chi connectivity index (χ3v) is 16.6. The summed E-state index contributed by atoms with van der Waals surface area (Å²) in [5.41, 5.74) is 2.79. The number of carbonyl (C=O) groups excluding carboxylic acids is 2. The Morgan fingerprint density at radius 2 is 1.05 bits per heavy atom. The second kappa shape index (κ2) is 25.8. The lowest BCUT2D eigenvalue weighted by molar-refractivity contribution is 0.252. The molecule has 88 heavy (non-hydrogen) atoms. The number of sulfone groups is 1. The molecule has 0 fully saturated rings. The number of anilines is 8. The van der Waals surface area contributed by atoms with Crippen LogP contribution in [0.5, 0.6) is 0 Å². The summed E-state index contributed by atoms with van der Waals surface area (Å²) < 4.78 is 223. The summed E-state index contributed by atoms with van der Waals surface area (Å²) in [5.74, 6) is -2.24. The number of nitrogens with one attached hydrogen (secondary N) is 7. The van der Waals surface area contributed by atoms with Crippen molar-refractivity contribution in [1.29, 1.82) is 0 Å². The number of urea groups is 2. The molecule has 0 saturated carbocycles. The average molecular weight is 1340 g/mol. The molecule has 466 valence electrons. The molecule has 1 unspecified atom stereocenters. The third-order valence-electron chi connectivity index (χ3n) is 11.0. The fourth-order valence-electron chi connectivity index (χ4n) is 7.15. The number of rotatable bonds is 24. The normalized spacial score (nSPS) is 12.8. The number of nitrogens with zero attached hydrogens (tertiary/aromatic N) is 10. The highest BCUT2D eigenvalue weighted by Crippen LogP contribution is 2.38. The van der Waals surface area contributed by atoms with Crippen LogP contribution in [0.3, 0.4) is 0 Å². The molecule has 1 atom stereocenters. The lowest BCUT2D eigenvalue weighted by Gasteiger charge is -2.16. The summed E-state index contributed by atoms with van der Waals surface area (Å²) in [6.45, 7) is 4.12. The molecular formula is C43H40F2N18O19S6. The van der Waals surface area contributed by atoms with E-state index in [-0.39, 0.29) is 52.6 Å². The Morgan fingerprint density at radius 3 is 1.58 bits per heavy atom. The van der Waals surface area contributed by atoms with Gasteiger partial charge in [-0.3, -0.25) is 22.8 Å². The van der Waals surface area contributed by atoms with Crippen molar-refractivity contribution in [2.45, 2.75) is 37.4 Å². The summed E-state index contributed by atoms with van der Waals surface area (Å²) in [6, 6.07) is 8.28. The Labute approximate surface area is 494 Å². The predicted molar refractivity (Wildman–Crippen MR) is 303 cm³/mol. The molecule has 5 aromatic carbocycles. The van der Waals surface area contributed by atoms with Gasteiger partial charge in [0.25, 0.3) is 50.6 Å². The quantitative estimate of drug-likeness (QED) is 0.0276. The van der Waals surface area contributed by atoms with Gasteiger partial charge in [-0.05, 0) is 91.2 Å². The molecule has 37 nitrogen and oxygen atoms in total. The monoisotopic (exact) mass is 1340 g/mol. The average Bonchev–Trinajstić information content (AvgIpc) is 1.19. The SMILES string of the molecule is C=CS(=O)(=O)CCNC(=O)Nc1cc(Nc2nc(F)nc(NC(C)CNc3nc(F)nc(Nc4ccc(/N=N/c5cc6c(S(=O)(=O)O)cc(S(=O)(=O)O)cc6cc5S(=O)(=O)O)c(NC(N)=O)c4)n3)n2)ccc1/N=N/c1ccc(S(=O)(=O)O)cc1S(=O)(=O)O. The van der Waals surface area contributed by atoms with Crippen molar-refractivity contribution in [3.05, 3.63) is 103 Å². The maximum absolute atomic E-state index is 14.9. The van der Waals surface area contributed by atoms with Gasteiger partial charge in [0.1, 0.15) is 37.4 Å². The van der Waals surface area contributed by atoms with Gasteiger partial charge in [-0.1, -0.05) is 6.58 Å². The fourth-order valence-corrected chi connectivity index (χ4v) is 10.9. The highest BCUT2D eigenvalue weighted by atomic mass is 32.2. The van der Waals surface area contributed by atoms with Crippen molar-refractivity contribution in [1.82, 2.24) is 35.2 Å². The topological polar surface area (TPSA) is 577 Å². The molecule has 0 aliphatic rings. The Bertz CT molecular complexity index is 4790. The minimum atomic E-state index is -5.29. The summed E-state index contributed by atoms with van der Waals surface area (Å²) in [7, 11) is -29.6. The Balaban J connectivity index is 1.07. The van der Waals surface area contributed by atoms with Crippen LogP contribution in [0.25, 0.3) is 10.8 Å². The van der Waals surface area contributed by atoms with Crippen molar-refractivity contribution in [3.8, 4) is 0 Å². The summed E-state index contributed by atoms with van der Waals surface area (Å²) in [4.78, 5) is 42.2. The number of amides is 4. The number of hydrogen-bond donors (Lipinski definition) is 13. The van der Waals surface area contributed by atoms with Crippen molar-refractivity contribution >= 4 is 153 Å². The standard InChI is InChI=1S/C43H40F2N18O19S6/c1-3-83(66,67)11-10-47-43(65)53-31-15-23(5-8-28(31)60-62-29-9-6-24(84(68,69)70)16-35(29)88(80,81)82)51-42-57-37(45)55-40(59-42)49-20(2)19-48-39-54-36(44)56-41(58-39)50-22-4-7-27(30(14-22)52-38(46)64)61-63-32-18-26-21(13-34(32)87(77,78)79)12-25(85(71,72)73)17-33(26)86(74,75)76/h3-9,12-18,20H,1,10-11,19H2,2H3,(H3,46,52,64)(H2,47,53,65)(H,68,69,70)(H,71,72,73)(H,74,75,76)(H,77,78,79)(H,80,81,82)(H2,48,50,54,56,58)(H2,49,51,55,57,59)/b62-60+,63-61+. The number of azo groups is 2. The van der Waals surface area contributed by atoms with Crippen LogP contribution in [-0.4, -0.2) is 140 Å². The van der Waals surface area contributed by atoms with Gasteiger partial charge in [0.2, 0.25) is 23.8 Å². The van der Waals surface area contributed by atoms with Gasteiger partial charge in [-0.2, -0.15) is 80.8 Å². The van der Waals surface area contributed by atoms with Crippen LogP contribution >= 0.6 is 0 Å². The highest BCUT2D eigenvalue weighted by molar-refractivity contribution is 7.94. The molecule has 7 rings (SSSR count). The second-order valence-electron chi connectivity index (χ2n) is 17.4. The molecule has 0 saturated heterocycles. The maximum atomic E-state index is 14.9. The van der Waals surface area contributed by atoms with Crippen molar-refractivity contribution in [2.24, 2.45) is 26.2 Å². The maximum Gasteiger partial charge on any atom is 0.319 e. The van der Waals surface area contributed by atoms with Gasteiger partial charge < -0.3 is 43.0 Å². The first-order valence-electron chi connectivity index (χ1n) is 23.4. The number of nitrogens with two attached hydrogens (primary N) is 1. The molecule has 14 N–H and O–H groups in total. The van der Waals surface area contributed by atoms with Gasteiger partial charge in [-0.25, -0.2) is 18.0 Å². The number of benzene rings is 5. The van der Waals surface area contributed by atoms with Crippen LogP contribution in [0.4, 0.5) is 87.7 Å². The summed E-state index contributed by atoms with van der Waals surface area (Å²) in [5, 5.41) is 32.5. The molecule has 0 aliphatic carbocycles. The van der Waals surface area contributed by atoms with Crippen molar-refractivity contribution < 1.29 is 91.6 Å². The van der Waals surface area contributed by atoms with Crippen LogP contribution in [-0.2, 0) is 60.4 Å². The lowest BCUT2D eigenvalue weighted by atomic mass is 10.1. The molecule has 0 aliphatic heterocycles. The van der Waals surface area contributed by atoms with Gasteiger partial charge in [0.15, 0.2) is 9.84 Å². The van der Waals surface area contributed by atoms with E-state index in [0.29, 0.717) is 35.7 Å². The first-order valence-corrected chi connectivity index (χ1v) is 32.3. The third kappa shape index (κ3) is 17.8.